The van der Waals surface area contributed by atoms with Gasteiger partial charge < -0.3 is 10.0 Å². The minimum absolute atomic E-state index is 0.220. The first-order chi connectivity index (χ1) is 24.7. The highest BCUT2D eigenvalue weighted by atomic mass is 79.9. The zero-order valence-electron chi connectivity index (χ0n) is 27.0. The van der Waals surface area contributed by atoms with Gasteiger partial charge in [0.15, 0.2) is 0 Å². The summed E-state index contributed by atoms with van der Waals surface area (Å²) in [5.74, 6) is -0.605. The average Bonchev–Trinajstić information content (AvgIpc) is 3.85. The molecule has 0 bridgehead atoms. The molecule has 7 rings (SSSR count). The van der Waals surface area contributed by atoms with E-state index in [1.807, 2.05) is 42.5 Å². The van der Waals surface area contributed by atoms with Crippen LogP contribution in [0.25, 0.3) is 11.1 Å². The van der Waals surface area contributed by atoms with Crippen molar-refractivity contribution in [2.24, 2.45) is 0 Å². The smallest absolute Gasteiger partial charge is 0.423 e. The average molecular weight is 881 g/mol. The summed E-state index contributed by atoms with van der Waals surface area (Å²) >= 11 is 10.2. The van der Waals surface area contributed by atoms with Gasteiger partial charge in [0.05, 0.1) is 13.1 Å². The normalized spacial score (nSPS) is 10.1. The van der Waals surface area contributed by atoms with Gasteiger partial charge in [-0.3, -0.25) is 0 Å². The van der Waals surface area contributed by atoms with E-state index in [1.165, 1.54) is 60.2 Å². The highest BCUT2D eigenvalue weighted by molar-refractivity contribution is 9.10. The van der Waals surface area contributed by atoms with Gasteiger partial charge >= 0.3 is 7.12 Å². The molecule has 0 amide bonds. The maximum atomic E-state index is 12.9. The Morgan fingerprint density at radius 3 is 1.49 bits per heavy atom. The predicted octanol–water partition coefficient (Wildman–Crippen LogP) is 8.07. The zero-order chi connectivity index (χ0) is 36.4. The van der Waals surface area contributed by atoms with Crippen LogP contribution in [0.2, 0.25) is 0 Å². The summed E-state index contributed by atoms with van der Waals surface area (Å²) in [6.07, 6.45) is 6.45. The Bertz CT molecular complexity index is 2020. The lowest BCUT2D eigenvalue weighted by Gasteiger charge is -2.05. The number of nitrogens with zero attached hydrogens (tertiary/aromatic N) is 6. The number of rotatable bonds is 7. The number of hydrogen-bond donors (Lipinski definition) is 2. The van der Waals surface area contributed by atoms with E-state index in [0.717, 1.165) is 37.5 Å². The Morgan fingerprint density at radius 1 is 0.569 bits per heavy atom. The van der Waals surface area contributed by atoms with Gasteiger partial charge in [0.1, 0.15) is 36.9 Å². The third kappa shape index (κ3) is 14.4. The van der Waals surface area contributed by atoms with E-state index in [1.54, 1.807) is 34.2 Å². The van der Waals surface area contributed by atoms with Crippen molar-refractivity contribution in [3.8, 4) is 11.1 Å². The van der Waals surface area contributed by atoms with Crippen molar-refractivity contribution in [2.75, 3.05) is 0 Å². The minimum atomic E-state index is -1.51. The molecule has 0 saturated carbocycles. The lowest BCUT2D eigenvalue weighted by molar-refractivity contribution is 0.425. The second kappa shape index (κ2) is 21.1. The van der Waals surface area contributed by atoms with Crippen molar-refractivity contribution in [3.63, 3.8) is 0 Å². The van der Waals surface area contributed by atoms with Gasteiger partial charge in [-0.25, -0.2) is 28.1 Å². The maximum Gasteiger partial charge on any atom is 0.488 e. The van der Waals surface area contributed by atoms with Crippen LogP contribution in [0.5, 0.6) is 0 Å². The molecule has 0 aliphatic carbocycles. The van der Waals surface area contributed by atoms with Gasteiger partial charge in [0.25, 0.3) is 0 Å². The van der Waals surface area contributed by atoms with Crippen molar-refractivity contribution in [1.82, 2.24) is 29.5 Å². The van der Waals surface area contributed by atoms with Crippen LogP contribution in [-0.4, -0.2) is 46.7 Å². The van der Waals surface area contributed by atoms with Crippen LogP contribution in [0.1, 0.15) is 16.7 Å². The van der Waals surface area contributed by atoms with Crippen molar-refractivity contribution in [3.05, 3.63) is 184 Å². The molecule has 2 heterocycles. The first-order valence-electron chi connectivity index (χ1n) is 15.3. The molecular weight excluding hydrogens is 849 g/mol. The van der Waals surface area contributed by atoms with Crippen LogP contribution in [0.4, 0.5) is 8.78 Å². The molecular formula is C37H32BBr3F2N6O2. The van der Waals surface area contributed by atoms with Gasteiger partial charge in [0, 0.05) is 14.3 Å². The van der Waals surface area contributed by atoms with Gasteiger partial charge in [-0.2, -0.15) is 10.2 Å². The molecule has 0 saturated heterocycles. The van der Waals surface area contributed by atoms with Gasteiger partial charge in [-0.1, -0.05) is 115 Å². The van der Waals surface area contributed by atoms with E-state index in [-0.39, 0.29) is 11.6 Å². The lowest BCUT2D eigenvalue weighted by Crippen LogP contribution is -2.29. The van der Waals surface area contributed by atoms with Crippen LogP contribution in [0.3, 0.4) is 0 Å². The Morgan fingerprint density at radius 2 is 1.04 bits per heavy atom. The first kappa shape index (κ1) is 39.5. The molecule has 0 radical (unpaired) electrons. The fourth-order valence-electron chi connectivity index (χ4n) is 4.38. The quantitative estimate of drug-likeness (QED) is 0.124. The van der Waals surface area contributed by atoms with Crippen LogP contribution in [0.15, 0.2) is 156 Å². The molecule has 0 fully saturated rings. The molecule has 0 atom stereocenters. The highest BCUT2D eigenvalue weighted by Crippen LogP contribution is 2.21. The third-order valence-electron chi connectivity index (χ3n) is 6.83. The van der Waals surface area contributed by atoms with E-state index in [0.29, 0.717) is 12.0 Å². The first-order valence-corrected chi connectivity index (χ1v) is 18.1. The predicted molar refractivity (Wildman–Crippen MR) is 207 cm³/mol. The topological polar surface area (TPSA) is 102 Å². The second-order valence-corrected chi connectivity index (χ2v) is 13.1. The van der Waals surface area contributed by atoms with E-state index < -0.39 is 7.12 Å². The summed E-state index contributed by atoms with van der Waals surface area (Å²) in [6, 6.07) is 36.0. The molecule has 0 unspecified atom stereocenters. The molecule has 0 aliphatic rings. The SMILES string of the molecule is BrCc1cccc(Br)c1.Brc1cccc(Cn2cncn2)c1.Fc1ccc(-c2cccc(Cn3cncn3)c2)cc1.OB(O)c1ccc(F)cc1. The molecule has 7 aromatic rings. The Balaban J connectivity index is 0.000000160. The third-order valence-corrected chi connectivity index (χ3v) is 8.46. The fourth-order valence-corrected chi connectivity index (χ4v) is 5.63. The Kier molecular flexibility index (Phi) is 16.3. The molecule has 0 aliphatic heterocycles. The largest absolute Gasteiger partial charge is 0.488 e. The Labute approximate surface area is 320 Å². The van der Waals surface area contributed by atoms with Crippen LogP contribution in [-0.2, 0) is 18.4 Å². The highest BCUT2D eigenvalue weighted by Gasteiger charge is 2.09. The van der Waals surface area contributed by atoms with E-state index in [2.05, 4.69) is 98.3 Å². The Hall–Kier alpha value is -4.34. The molecule has 2 N–H and O–H groups in total. The summed E-state index contributed by atoms with van der Waals surface area (Å²) in [4.78, 5) is 7.80. The number of alkyl halides is 1. The molecule has 0 spiro atoms. The number of hydrogen-bond acceptors (Lipinski definition) is 6. The summed E-state index contributed by atoms with van der Waals surface area (Å²) < 4.78 is 30.9. The number of aromatic nitrogens is 6. The summed E-state index contributed by atoms with van der Waals surface area (Å²) in [5.41, 5.74) is 6.00. The number of benzene rings is 5. The summed E-state index contributed by atoms with van der Waals surface area (Å²) in [5, 5.41) is 26.1. The zero-order valence-corrected chi connectivity index (χ0v) is 31.8. The van der Waals surface area contributed by atoms with E-state index in [9.17, 15) is 8.78 Å². The van der Waals surface area contributed by atoms with E-state index in [4.69, 9.17) is 10.0 Å². The maximum absolute atomic E-state index is 12.9. The standard InChI is InChI=1S/C15H12FN3.C9H8BrN3.C7H6Br2.C6H6BFO2/c16-15-6-4-13(5-7-15)14-3-1-2-12(8-14)9-19-11-17-10-18-19;10-9-3-1-2-8(4-9)5-13-7-11-6-12-13;8-5-6-2-1-3-7(9)4-6;8-6-3-1-5(2-4-6)7(9)10/h1-8,10-11H,9H2;1-4,6-7H,5H2;1-4H,5H2;1-4,9-10H. The van der Waals surface area contributed by atoms with Crippen LogP contribution in [0, 0.1) is 11.6 Å². The van der Waals surface area contributed by atoms with Crippen LogP contribution < -0.4 is 5.46 Å². The molecule has 14 heteroatoms. The van der Waals surface area contributed by atoms with Gasteiger partial charge in [-0.15, -0.1) is 0 Å². The molecule has 2 aromatic heterocycles. The lowest BCUT2D eigenvalue weighted by atomic mass is 9.80. The van der Waals surface area contributed by atoms with Crippen molar-refractivity contribution >= 4 is 60.4 Å². The van der Waals surface area contributed by atoms with Crippen molar-refractivity contribution in [1.29, 1.82) is 0 Å². The number of halogens is 5. The second-order valence-electron chi connectivity index (χ2n) is 10.7. The van der Waals surface area contributed by atoms with E-state index >= 15 is 0 Å². The molecule has 8 nitrogen and oxygen atoms in total. The van der Waals surface area contributed by atoms with Crippen molar-refractivity contribution < 1.29 is 18.8 Å². The summed E-state index contributed by atoms with van der Waals surface area (Å²) in [7, 11) is -1.51. The fraction of sp³-hybridized carbons (Fsp3) is 0.0811. The molecule has 260 valence electrons. The minimum Gasteiger partial charge on any atom is -0.423 e. The monoisotopic (exact) mass is 878 g/mol. The molecule has 5 aromatic carbocycles. The summed E-state index contributed by atoms with van der Waals surface area (Å²) in [6.45, 7) is 1.44. The van der Waals surface area contributed by atoms with Gasteiger partial charge in [0.2, 0.25) is 0 Å². The van der Waals surface area contributed by atoms with Crippen molar-refractivity contribution in [2.45, 2.75) is 18.4 Å². The molecule has 51 heavy (non-hydrogen) atoms. The van der Waals surface area contributed by atoms with Gasteiger partial charge in [-0.05, 0) is 87.9 Å². The van der Waals surface area contributed by atoms with Crippen LogP contribution >= 0.6 is 47.8 Å².